The first-order valence-electron chi connectivity index (χ1n) is 1.23. The normalized spacial score (nSPS) is 10.9. The molecule has 0 aromatic rings. The molecule has 0 spiro atoms. The van der Waals surface area contributed by atoms with Crippen molar-refractivity contribution in [2.45, 2.75) is 0 Å². The van der Waals surface area contributed by atoms with Crippen molar-refractivity contribution in [3.8, 4) is 0 Å². The second kappa shape index (κ2) is 4.61. The maximum absolute atomic E-state index is 9.39. The summed E-state index contributed by atoms with van der Waals surface area (Å²) in [4.78, 5) is 0. The quantitative estimate of drug-likeness (QED) is 0.285. The number of thiol groups is 1. The van der Waals surface area contributed by atoms with E-state index in [0.717, 1.165) is 0 Å². The summed E-state index contributed by atoms with van der Waals surface area (Å²) in [6, 6.07) is 0. The van der Waals surface area contributed by atoms with Gasteiger partial charge >= 0.3 is 40.0 Å². The molecule has 0 rings (SSSR count). The molecule has 0 aliphatic rings. The number of rotatable bonds is 2. The molecular formula is H3NaO6S2. The Bertz CT molecular complexity index is 211. The topological polar surface area (TPSA) is 97.7 Å². The van der Waals surface area contributed by atoms with E-state index in [-0.39, 0.29) is 29.6 Å². The van der Waals surface area contributed by atoms with E-state index in [1.165, 1.54) is 0 Å². The molecule has 0 aromatic carbocycles. The summed E-state index contributed by atoms with van der Waals surface area (Å²) in [6.07, 6.45) is 0. The molecule has 0 aromatic heterocycles. The van der Waals surface area contributed by atoms with Gasteiger partial charge in [-0.1, -0.05) is 0 Å². The third-order valence-corrected chi connectivity index (χ3v) is 1.40. The van der Waals surface area contributed by atoms with E-state index in [1.54, 1.807) is 0 Å². The van der Waals surface area contributed by atoms with Crippen molar-refractivity contribution in [3.63, 3.8) is 0 Å². The molecule has 0 heterocycles. The average Bonchev–Trinajstić information content (AvgIpc) is 1.21. The Kier molecular flexibility index (Phi) is 6.39. The molecule has 9 heteroatoms. The van der Waals surface area contributed by atoms with E-state index in [4.69, 9.17) is 4.55 Å². The minimum atomic E-state index is -4.82. The first-order valence-corrected chi connectivity index (χ1v) is 3.69. The molecule has 9 heavy (non-hydrogen) atoms. The van der Waals surface area contributed by atoms with E-state index in [1.807, 2.05) is 0 Å². The molecule has 0 saturated carbocycles. The Hall–Kier alpha value is 0.820. The van der Waals surface area contributed by atoms with Crippen LogP contribution < -0.4 is 0 Å². The van der Waals surface area contributed by atoms with Gasteiger partial charge in [0.1, 0.15) is 0 Å². The van der Waals surface area contributed by atoms with Crippen LogP contribution in [0.1, 0.15) is 0 Å². The molecule has 6 nitrogen and oxygen atoms in total. The van der Waals surface area contributed by atoms with Crippen LogP contribution in [0.25, 0.3) is 0 Å². The molecule has 0 atom stereocenters. The standard InChI is InChI=1S/Na.H2O6S2.H/c;1-7(2)6-8(3,4)5;/h;7H,(H,3,4,5);. The van der Waals surface area contributed by atoms with Gasteiger partial charge in [0.25, 0.3) is 11.0 Å². The summed E-state index contributed by atoms with van der Waals surface area (Å²) in [5.41, 5.74) is 0. The summed E-state index contributed by atoms with van der Waals surface area (Å²) in [6.45, 7) is 0. The Balaban J connectivity index is 0. The van der Waals surface area contributed by atoms with Gasteiger partial charge in [0.05, 0.1) is 0 Å². The minimum absolute atomic E-state index is 0. The van der Waals surface area contributed by atoms with Crippen molar-refractivity contribution in [1.29, 1.82) is 0 Å². The summed E-state index contributed by atoms with van der Waals surface area (Å²) < 4.78 is 47.8. The van der Waals surface area contributed by atoms with Crippen LogP contribution in [-0.4, -0.2) is 50.9 Å². The van der Waals surface area contributed by atoms with Crippen molar-refractivity contribution < 1.29 is 25.0 Å². The Morgan fingerprint density at radius 3 is 1.67 bits per heavy atom. The second-order valence-electron chi connectivity index (χ2n) is 0.726. The van der Waals surface area contributed by atoms with Gasteiger partial charge in [-0.2, -0.15) is 8.42 Å². The molecule has 0 radical (unpaired) electrons. The van der Waals surface area contributed by atoms with E-state index < -0.39 is 21.4 Å². The first kappa shape index (κ1) is 12.5. The van der Waals surface area contributed by atoms with Gasteiger partial charge in [-0.25, -0.2) is 8.42 Å². The summed E-state index contributed by atoms with van der Waals surface area (Å²) >= 11 is 0. The van der Waals surface area contributed by atoms with Gasteiger partial charge in [-0.3, -0.25) is 4.55 Å². The number of hydrogen-bond donors (Lipinski definition) is 2. The SMILES string of the molecule is O=[SH](=O)OS(=O)(=O)O.[NaH]. The molecule has 0 aliphatic carbocycles. The third kappa shape index (κ3) is 12.1. The fourth-order valence-electron chi connectivity index (χ4n) is 0.0769. The van der Waals surface area contributed by atoms with Crippen molar-refractivity contribution in [2.75, 3.05) is 0 Å². The molecular weight excluding hydrogens is 183 g/mol. The van der Waals surface area contributed by atoms with Crippen molar-refractivity contribution >= 4 is 50.9 Å². The van der Waals surface area contributed by atoms with Crippen molar-refractivity contribution in [2.24, 2.45) is 0 Å². The summed E-state index contributed by atoms with van der Waals surface area (Å²) in [5.74, 6) is 0. The van der Waals surface area contributed by atoms with Gasteiger partial charge < -0.3 is 0 Å². The predicted molar refractivity (Wildman–Crippen MR) is 30.1 cm³/mol. The van der Waals surface area contributed by atoms with Crippen LogP contribution in [0.4, 0.5) is 0 Å². The van der Waals surface area contributed by atoms with Crippen LogP contribution in [0, 0.1) is 0 Å². The van der Waals surface area contributed by atoms with Gasteiger partial charge in [0, 0.05) is 0 Å². The van der Waals surface area contributed by atoms with Gasteiger partial charge in [-0.05, 0) is 0 Å². The van der Waals surface area contributed by atoms with Crippen LogP contribution in [0.3, 0.4) is 0 Å². The Morgan fingerprint density at radius 1 is 1.33 bits per heavy atom. The fourth-order valence-corrected chi connectivity index (χ4v) is 0.692. The monoisotopic (exact) mass is 186 g/mol. The predicted octanol–water partition coefficient (Wildman–Crippen LogP) is -2.32. The molecule has 52 valence electrons. The molecule has 0 fully saturated rings. The zero-order valence-electron chi connectivity index (χ0n) is 3.34. The third-order valence-electron chi connectivity index (χ3n) is 0.155. The summed E-state index contributed by atoms with van der Waals surface area (Å²) in [7, 11) is -8.35. The fraction of sp³-hybridized carbons (Fsp3) is 0. The molecule has 0 unspecified atom stereocenters. The van der Waals surface area contributed by atoms with Crippen LogP contribution >= 0.6 is 0 Å². The van der Waals surface area contributed by atoms with Crippen LogP contribution in [0.15, 0.2) is 0 Å². The first-order chi connectivity index (χ1) is 3.42. The Morgan fingerprint density at radius 2 is 1.67 bits per heavy atom. The van der Waals surface area contributed by atoms with Gasteiger partial charge in [-0.15, -0.1) is 3.63 Å². The van der Waals surface area contributed by atoms with Gasteiger partial charge in [0.15, 0.2) is 0 Å². The van der Waals surface area contributed by atoms with Gasteiger partial charge in [0.2, 0.25) is 0 Å². The van der Waals surface area contributed by atoms with Crippen LogP contribution in [0.2, 0.25) is 0 Å². The van der Waals surface area contributed by atoms with Crippen molar-refractivity contribution in [3.05, 3.63) is 0 Å². The zero-order valence-corrected chi connectivity index (χ0v) is 5.05. The molecule has 0 bridgehead atoms. The number of hydrogen-bond acceptors (Lipinski definition) is 5. The average molecular weight is 186 g/mol. The molecule has 0 aliphatic heterocycles. The van der Waals surface area contributed by atoms with E-state index in [2.05, 4.69) is 3.63 Å². The molecule has 0 amide bonds. The van der Waals surface area contributed by atoms with Crippen LogP contribution in [0.5, 0.6) is 0 Å². The van der Waals surface area contributed by atoms with Crippen molar-refractivity contribution in [1.82, 2.24) is 0 Å². The second-order valence-corrected chi connectivity index (χ2v) is 2.62. The zero-order chi connectivity index (χ0) is 6.78. The van der Waals surface area contributed by atoms with Crippen LogP contribution in [-0.2, 0) is 25.0 Å². The van der Waals surface area contributed by atoms with E-state index in [0.29, 0.717) is 0 Å². The molecule has 0 saturated heterocycles. The molecule has 1 N–H and O–H groups in total. The Labute approximate surface area is 75.6 Å². The van der Waals surface area contributed by atoms with E-state index in [9.17, 15) is 16.8 Å². The van der Waals surface area contributed by atoms with E-state index >= 15 is 0 Å². The maximum atomic E-state index is 9.39. The summed E-state index contributed by atoms with van der Waals surface area (Å²) in [5, 5.41) is 0.